The van der Waals surface area contributed by atoms with Crippen molar-refractivity contribution in [3.8, 4) is 30.3 Å². The summed E-state index contributed by atoms with van der Waals surface area (Å²) in [4.78, 5) is 23.8. The molecule has 17 heteroatoms. The van der Waals surface area contributed by atoms with Gasteiger partial charge in [-0.2, -0.15) is 26.3 Å². The Morgan fingerprint density at radius 3 is 0.933 bits per heavy atom. The van der Waals surface area contributed by atoms with Crippen LogP contribution in [0.3, 0.4) is 0 Å². The predicted molar refractivity (Wildman–Crippen MR) is 366 cm³/mol. The fourth-order valence-corrected chi connectivity index (χ4v) is 12.3. The molecule has 0 N–H and O–H groups in total. The predicted octanol–water partition coefficient (Wildman–Crippen LogP) is 10.4. The Labute approximate surface area is 538 Å². The number of halogens is 1. The van der Waals surface area contributed by atoms with Crippen LogP contribution in [0.2, 0.25) is 0 Å². The first-order chi connectivity index (χ1) is 43.8. The molecule has 0 amide bonds. The minimum atomic E-state index is -0.385. The van der Waals surface area contributed by atoms with Crippen molar-refractivity contribution >= 4 is 28.4 Å². The molecule has 5 fully saturated rings. The quantitative estimate of drug-likeness (QED) is 0.0910. The van der Waals surface area contributed by atoms with E-state index in [0.717, 1.165) is 215 Å². The highest BCUT2D eigenvalue weighted by molar-refractivity contribution is 5.62. The fraction of sp³-hybridized carbons (Fsp3) is 0.493. The number of hydrogen-bond donors (Lipinski definition) is 0. The van der Waals surface area contributed by atoms with E-state index in [0.29, 0.717) is 5.69 Å². The third-order valence-electron chi connectivity index (χ3n) is 17.9. The molecule has 0 aromatic heterocycles. The summed E-state index contributed by atoms with van der Waals surface area (Å²) in [6, 6.07) is 39.9. The first-order valence-electron chi connectivity index (χ1n) is 32.4. The maximum absolute atomic E-state index is 14.0. The third kappa shape index (κ3) is 20.2. The average Bonchev–Trinajstić information content (AvgIpc) is 3.47. The van der Waals surface area contributed by atoms with E-state index in [-0.39, 0.29) is 11.4 Å². The molecule has 0 saturated carbocycles. The van der Waals surface area contributed by atoms with Gasteiger partial charge in [0.2, 0.25) is 0 Å². The number of rotatable bonds is 15. The average molecular weight is 1220 g/mol. The molecule has 478 valence electrons. The van der Waals surface area contributed by atoms with E-state index < -0.39 is 0 Å². The molecule has 5 aliphatic rings. The molecule has 16 nitrogen and oxygen atoms in total. The first-order valence-corrected chi connectivity index (χ1v) is 32.4. The molecule has 10 rings (SSSR count). The summed E-state index contributed by atoms with van der Waals surface area (Å²) < 4.78 is 19.1. The van der Waals surface area contributed by atoms with Crippen molar-refractivity contribution in [3.05, 3.63) is 160 Å². The van der Waals surface area contributed by atoms with Gasteiger partial charge in [-0.3, -0.25) is 19.6 Å². The minimum Gasteiger partial charge on any atom is -0.383 e. The Morgan fingerprint density at radius 2 is 0.656 bits per heavy atom. The number of likely N-dealkylation sites (N-methyl/N-ethyl adjacent to an activating group) is 1. The highest BCUT2D eigenvalue weighted by atomic mass is 19.1. The fourth-order valence-electron chi connectivity index (χ4n) is 12.3. The second kappa shape index (κ2) is 37.9. The van der Waals surface area contributed by atoms with Crippen molar-refractivity contribution in [3.63, 3.8) is 0 Å². The van der Waals surface area contributed by atoms with Gasteiger partial charge in [0, 0.05) is 174 Å². The van der Waals surface area contributed by atoms with Crippen molar-refractivity contribution < 1.29 is 9.13 Å². The molecule has 0 spiro atoms. The largest absolute Gasteiger partial charge is 0.383 e. The smallest absolute Gasteiger partial charge is 0.164 e. The number of benzene rings is 5. The lowest BCUT2D eigenvalue weighted by Crippen LogP contribution is -2.47. The maximum atomic E-state index is 14.0. The number of piperazine rings is 5. The molecule has 90 heavy (non-hydrogen) atoms. The van der Waals surface area contributed by atoms with Crippen molar-refractivity contribution in [2.75, 3.05) is 202 Å². The molecule has 5 saturated heterocycles. The van der Waals surface area contributed by atoms with Crippen LogP contribution in [0.4, 0.5) is 32.8 Å². The molecular weight excluding hydrogens is 1120 g/mol. The summed E-state index contributed by atoms with van der Waals surface area (Å²) >= 11 is 0. The van der Waals surface area contributed by atoms with Gasteiger partial charge in [0.1, 0.15) is 6.07 Å². The molecule has 0 radical (unpaired) electrons. The number of methoxy groups -OCH3 is 1. The molecule has 0 bridgehead atoms. The Balaban J connectivity index is 0.000000179. The van der Waals surface area contributed by atoms with Gasteiger partial charge in [-0.05, 0) is 143 Å². The topological polar surface area (TPSA) is 161 Å². The zero-order chi connectivity index (χ0) is 64.8. The van der Waals surface area contributed by atoms with Crippen LogP contribution in [0.1, 0.15) is 83.7 Å². The van der Waals surface area contributed by atoms with Gasteiger partial charge in [0.15, 0.2) is 5.82 Å². The standard InChI is InChI=1S/C15H21N3O.C15H21N3.C15H19N3.C14H18FN3.C14H19N3/c1-13-14(12-16)4-3-5-15(13)18-8-6-17(7-9-18)10-11-19-2;2*1-3-7-17-8-10-18(11-9-17)15-6-4-5-14(12-16)13(15)2;1-2-6-17-7-9-18(10-8-17)13-5-3-4-12(11-16)14(13)15;1-3-16-7-9-17(10-8-16)14-6-4-5-13(11-15)12(14)2/h3-5H,6-11H2,1-2H3;4-6H,3,7-11H2,1-2H3;3-6H,1,7-11H2,2H3;3-5H,2,6-10H2,1H3;4-6H,3,7-10H2,1-2H3. The summed E-state index contributed by atoms with van der Waals surface area (Å²) in [6.45, 7) is 45.3. The van der Waals surface area contributed by atoms with Crippen molar-refractivity contribution in [2.45, 2.75) is 61.3 Å². The molecule has 5 heterocycles. The lowest BCUT2D eigenvalue weighted by molar-refractivity contribution is 0.144. The molecule has 0 unspecified atom stereocenters. The zero-order valence-corrected chi connectivity index (χ0v) is 55.2. The monoisotopic (exact) mass is 1220 g/mol. The SMILES string of the molecule is C=CCN1CCN(c2cccc(C#N)c2C)CC1.CCCN1CCN(c2cccc(C#N)c2C)CC1.CCCN1CCN(c2cccc(C#N)c2F)CC1.CCN1CCN(c2cccc(C#N)c2C)CC1.COCCN1CCN(c2cccc(C#N)c2C)CC1. The van der Waals surface area contributed by atoms with Crippen molar-refractivity contribution in [1.29, 1.82) is 26.3 Å². The van der Waals surface area contributed by atoms with Crippen LogP contribution in [0.15, 0.2) is 104 Å². The van der Waals surface area contributed by atoms with Gasteiger partial charge in [-0.1, -0.05) is 57.2 Å². The van der Waals surface area contributed by atoms with E-state index in [1.54, 1.807) is 19.2 Å². The van der Waals surface area contributed by atoms with Crippen molar-refractivity contribution in [2.24, 2.45) is 0 Å². The minimum absolute atomic E-state index is 0.128. The molecule has 0 atom stereocenters. The van der Waals surface area contributed by atoms with E-state index in [9.17, 15) is 4.39 Å². The normalized spacial score (nSPS) is 16.6. The second-order valence-corrected chi connectivity index (χ2v) is 23.5. The van der Waals surface area contributed by atoms with Crippen LogP contribution >= 0.6 is 0 Å². The summed E-state index contributed by atoms with van der Waals surface area (Å²) in [6.07, 6.45) is 4.33. The molecule has 5 aliphatic heterocycles. The molecular formula is C73H98FN15O. The van der Waals surface area contributed by atoms with Gasteiger partial charge >= 0.3 is 0 Å². The second-order valence-electron chi connectivity index (χ2n) is 23.5. The third-order valence-corrected chi connectivity index (χ3v) is 17.9. The van der Waals surface area contributed by atoms with Crippen LogP contribution in [-0.4, -0.2) is 202 Å². The van der Waals surface area contributed by atoms with Gasteiger partial charge in [-0.25, -0.2) is 4.39 Å². The van der Waals surface area contributed by atoms with Gasteiger partial charge in [-0.15, -0.1) is 6.58 Å². The summed E-state index contributed by atoms with van der Waals surface area (Å²) in [5, 5.41) is 45.1. The Hall–Kier alpha value is -8.02. The van der Waals surface area contributed by atoms with E-state index >= 15 is 0 Å². The molecule has 0 aliphatic carbocycles. The van der Waals surface area contributed by atoms with Crippen molar-refractivity contribution in [1.82, 2.24) is 24.5 Å². The summed E-state index contributed by atoms with van der Waals surface area (Å²) in [5.41, 5.74) is 13.1. The summed E-state index contributed by atoms with van der Waals surface area (Å²) in [5.74, 6) is -0.385. The number of hydrogen-bond acceptors (Lipinski definition) is 16. The lowest BCUT2D eigenvalue weighted by Gasteiger charge is -2.36. The number of nitrogens with zero attached hydrogens (tertiary/aromatic N) is 15. The maximum Gasteiger partial charge on any atom is 0.164 e. The van der Waals surface area contributed by atoms with Gasteiger partial charge in [0.05, 0.1) is 64.4 Å². The van der Waals surface area contributed by atoms with Crippen LogP contribution in [0.5, 0.6) is 0 Å². The number of nitriles is 5. The first kappa shape index (κ1) is 71.1. The van der Waals surface area contributed by atoms with Crippen LogP contribution < -0.4 is 24.5 Å². The van der Waals surface area contributed by atoms with E-state index in [2.05, 4.69) is 120 Å². The Kier molecular flexibility index (Phi) is 29.9. The van der Waals surface area contributed by atoms with Crippen LogP contribution in [-0.2, 0) is 4.74 Å². The Morgan fingerprint density at radius 1 is 0.389 bits per heavy atom. The molecule has 5 aromatic carbocycles. The van der Waals surface area contributed by atoms with E-state index in [1.165, 1.54) is 41.8 Å². The van der Waals surface area contributed by atoms with Crippen LogP contribution in [0, 0.1) is 90.2 Å². The lowest BCUT2D eigenvalue weighted by atomic mass is 10.1. The van der Waals surface area contributed by atoms with Gasteiger partial charge in [0.25, 0.3) is 0 Å². The van der Waals surface area contributed by atoms with E-state index in [1.807, 2.05) is 93.3 Å². The van der Waals surface area contributed by atoms with Crippen LogP contribution in [0.25, 0.3) is 0 Å². The highest BCUT2D eigenvalue weighted by Gasteiger charge is 2.24. The molecule has 5 aromatic rings. The summed E-state index contributed by atoms with van der Waals surface area (Å²) in [7, 11) is 1.74. The van der Waals surface area contributed by atoms with E-state index in [4.69, 9.17) is 31.0 Å². The van der Waals surface area contributed by atoms with Gasteiger partial charge < -0.3 is 34.1 Å². The highest BCUT2D eigenvalue weighted by Crippen LogP contribution is 2.29. The number of anilines is 5. The number of ether oxygens (including phenoxy) is 1. The Bertz CT molecular complexity index is 3150. The zero-order valence-electron chi connectivity index (χ0n) is 55.2.